The minimum atomic E-state index is -10.7. The molecule has 0 nitrogen and oxygen atoms in total. The summed E-state index contributed by atoms with van der Waals surface area (Å²) in [7, 11) is -10.7. The van der Waals surface area contributed by atoms with Crippen LogP contribution in [0.2, 0.25) is 0 Å². The summed E-state index contributed by atoms with van der Waals surface area (Å²) in [6.45, 7) is 4.41. The van der Waals surface area contributed by atoms with Crippen LogP contribution in [0.15, 0.2) is 54.6 Å². The smallest absolute Gasteiger partial charge is 0.358 e. The zero-order valence-corrected chi connectivity index (χ0v) is 16.0. The quantitative estimate of drug-likeness (QED) is 0.186. The van der Waals surface area contributed by atoms with Gasteiger partial charge in [-0.25, -0.2) is 0 Å². The molecular formula is C16H24F6FeP-. The van der Waals surface area contributed by atoms with Crippen LogP contribution in [-0.4, -0.2) is 0 Å². The Morgan fingerprint density at radius 2 is 1.12 bits per heavy atom. The van der Waals surface area contributed by atoms with Crippen molar-refractivity contribution >= 4 is 7.81 Å². The summed E-state index contributed by atoms with van der Waals surface area (Å²) in [5.41, 5.74) is 1.41. The van der Waals surface area contributed by atoms with E-state index in [1.165, 1.54) is 5.56 Å². The van der Waals surface area contributed by atoms with Gasteiger partial charge in [0, 0.05) is 0 Å². The van der Waals surface area contributed by atoms with E-state index in [9.17, 15) is 25.2 Å². The largest absolute Gasteiger partial charge is 2.00 e. The van der Waals surface area contributed by atoms with E-state index in [-0.39, 0.29) is 31.9 Å². The maximum atomic E-state index is 9.87. The van der Waals surface area contributed by atoms with Crippen LogP contribution in [0.5, 0.6) is 0 Å². The van der Waals surface area contributed by atoms with Gasteiger partial charge in [0.05, 0.1) is 0 Å². The van der Waals surface area contributed by atoms with Crippen LogP contribution < -0.4 is 0 Å². The Bertz CT molecular complexity index is 456. The molecule has 0 bridgehead atoms. The first-order valence-electron chi connectivity index (χ1n) is 6.18. The molecule has 1 aliphatic rings. The SMILES string of the molecule is C1=CCC=C1.CC(C)c1ccccc1.F[P-](F)(F)(F)(F)F.[CH3-].[CH3-].[Fe+2]. The molecule has 0 saturated carbocycles. The van der Waals surface area contributed by atoms with E-state index in [2.05, 4.69) is 62.4 Å². The molecule has 1 aromatic rings. The molecule has 0 spiro atoms. The van der Waals surface area contributed by atoms with Gasteiger partial charge >= 0.3 is 50.1 Å². The van der Waals surface area contributed by atoms with Crippen molar-refractivity contribution in [3.8, 4) is 0 Å². The van der Waals surface area contributed by atoms with Crippen molar-refractivity contribution in [2.45, 2.75) is 26.2 Å². The van der Waals surface area contributed by atoms with Gasteiger partial charge in [-0.2, -0.15) is 0 Å². The minimum absolute atomic E-state index is 0. The molecule has 2 rings (SSSR count). The maximum absolute atomic E-state index is 10.7. The molecule has 24 heavy (non-hydrogen) atoms. The summed E-state index contributed by atoms with van der Waals surface area (Å²) < 4.78 is 59.2. The second kappa shape index (κ2) is 11.0. The van der Waals surface area contributed by atoms with E-state index in [1.54, 1.807) is 0 Å². The minimum Gasteiger partial charge on any atom is -0.358 e. The molecule has 1 aromatic carbocycles. The van der Waals surface area contributed by atoms with E-state index < -0.39 is 7.81 Å². The van der Waals surface area contributed by atoms with Crippen LogP contribution in [0.25, 0.3) is 0 Å². The molecule has 1 aliphatic carbocycles. The molecular weight excluding hydrogens is 393 g/mol. The van der Waals surface area contributed by atoms with Crippen LogP contribution in [0.3, 0.4) is 0 Å². The summed E-state index contributed by atoms with van der Waals surface area (Å²) in [4.78, 5) is 0. The molecule has 0 amide bonds. The Hall–Kier alpha value is -0.771. The zero-order valence-electron chi connectivity index (χ0n) is 14.0. The summed E-state index contributed by atoms with van der Waals surface area (Å²) in [6.07, 6.45) is 9.50. The Balaban J connectivity index is -0.000000122. The third-order valence-electron chi connectivity index (χ3n) is 2.12. The van der Waals surface area contributed by atoms with Crippen molar-refractivity contribution in [1.29, 1.82) is 0 Å². The molecule has 0 radical (unpaired) electrons. The van der Waals surface area contributed by atoms with Crippen molar-refractivity contribution in [2.24, 2.45) is 0 Å². The summed E-state index contributed by atoms with van der Waals surface area (Å²) in [5, 5.41) is 0. The molecule has 0 unspecified atom stereocenters. The second-order valence-electron chi connectivity index (χ2n) is 4.62. The average molecular weight is 417 g/mol. The molecule has 0 aromatic heterocycles. The zero-order chi connectivity index (χ0) is 16.6. The van der Waals surface area contributed by atoms with E-state index in [0.717, 1.165) is 6.42 Å². The topological polar surface area (TPSA) is 0 Å². The van der Waals surface area contributed by atoms with Gasteiger partial charge < -0.3 is 14.9 Å². The number of allylic oxidation sites excluding steroid dienone is 4. The molecule has 8 heteroatoms. The number of hydrogen-bond acceptors (Lipinski definition) is 0. The van der Waals surface area contributed by atoms with Gasteiger partial charge in [0.15, 0.2) is 0 Å². The Morgan fingerprint density at radius 1 is 0.792 bits per heavy atom. The van der Waals surface area contributed by atoms with E-state index in [1.807, 2.05) is 6.07 Å². The van der Waals surface area contributed by atoms with Gasteiger partial charge in [0.25, 0.3) is 0 Å². The van der Waals surface area contributed by atoms with Crippen molar-refractivity contribution < 1.29 is 42.3 Å². The van der Waals surface area contributed by atoms with Gasteiger partial charge in [-0.1, -0.05) is 68.5 Å². The summed E-state index contributed by atoms with van der Waals surface area (Å²) in [5.74, 6) is 0.659. The molecule has 0 heterocycles. The number of hydrogen-bond donors (Lipinski definition) is 0. The number of rotatable bonds is 1. The van der Waals surface area contributed by atoms with Gasteiger partial charge in [-0.15, -0.1) is 0 Å². The number of benzene rings is 1. The van der Waals surface area contributed by atoms with Crippen LogP contribution in [0, 0.1) is 14.9 Å². The Kier molecular flexibility index (Phi) is 14.2. The molecule has 0 N–H and O–H groups in total. The van der Waals surface area contributed by atoms with Crippen molar-refractivity contribution in [3.05, 3.63) is 75.1 Å². The average Bonchev–Trinajstić information content (AvgIpc) is 2.84. The monoisotopic (exact) mass is 417 g/mol. The van der Waals surface area contributed by atoms with Crippen molar-refractivity contribution in [3.63, 3.8) is 0 Å². The van der Waals surface area contributed by atoms with Gasteiger partial charge in [0.1, 0.15) is 0 Å². The summed E-state index contributed by atoms with van der Waals surface area (Å²) in [6, 6.07) is 10.5. The van der Waals surface area contributed by atoms with E-state index in [4.69, 9.17) is 0 Å². The fraction of sp³-hybridized carbons (Fsp3) is 0.250. The third-order valence-corrected chi connectivity index (χ3v) is 2.12. The van der Waals surface area contributed by atoms with Crippen molar-refractivity contribution in [2.75, 3.05) is 0 Å². The van der Waals surface area contributed by atoms with Crippen LogP contribution in [0.4, 0.5) is 25.2 Å². The predicted octanol–water partition coefficient (Wildman–Crippen LogP) is 8.59. The van der Waals surface area contributed by atoms with Crippen LogP contribution in [-0.2, 0) is 17.1 Å². The van der Waals surface area contributed by atoms with E-state index >= 15 is 0 Å². The fourth-order valence-corrected chi connectivity index (χ4v) is 1.23. The molecule has 0 fully saturated rings. The van der Waals surface area contributed by atoms with Gasteiger partial charge in [-0.05, 0) is 17.9 Å². The predicted molar refractivity (Wildman–Crippen MR) is 89.8 cm³/mol. The van der Waals surface area contributed by atoms with Gasteiger partial charge in [0.2, 0.25) is 0 Å². The van der Waals surface area contributed by atoms with Gasteiger partial charge in [-0.3, -0.25) is 0 Å². The Morgan fingerprint density at radius 3 is 1.29 bits per heavy atom. The molecule has 0 aliphatic heterocycles. The summed E-state index contributed by atoms with van der Waals surface area (Å²) >= 11 is 0. The van der Waals surface area contributed by atoms with Crippen LogP contribution in [0.1, 0.15) is 31.7 Å². The van der Waals surface area contributed by atoms with E-state index in [0.29, 0.717) is 5.92 Å². The van der Waals surface area contributed by atoms with Crippen LogP contribution >= 0.6 is 7.81 Å². The molecule has 144 valence electrons. The second-order valence-corrected chi connectivity index (χ2v) is 6.53. The first kappa shape index (κ1) is 31.0. The standard InChI is InChI=1S/C9H12.C5H6.2CH3.F6P.Fe/c1-8(2)9-6-4-3-5-7-9;1-2-4-5-3-1;;;1-7(2,3,4,5)6;/h3-8H,1-2H3;1-4H,5H2;2*1H3;;/q;;3*-1;+2. The first-order valence-corrected chi connectivity index (χ1v) is 8.21. The normalized spacial score (nSPS) is 14.2. The third kappa shape index (κ3) is 33.0. The first-order chi connectivity index (χ1) is 9.25. The number of halogens is 6. The Labute approximate surface area is 151 Å². The maximum Gasteiger partial charge on any atom is 2.00 e. The van der Waals surface area contributed by atoms with Crippen molar-refractivity contribution in [1.82, 2.24) is 0 Å². The molecule has 0 atom stereocenters. The molecule has 0 saturated heterocycles. The fourth-order valence-electron chi connectivity index (χ4n) is 1.23.